The van der Waals surface area contributed by atoms with Crippen molar-refractivity contribution in [2.75, 3.05) is 0 Å². The van der Waals surface area contributed by atoms with E-state index in [2.05, 4.69) is 0 Å². The van der Waals surface area contributed by atoms with Gasteiger partial charge in [-0.1, -0.05) is 46.4 Å². The summed E-state index contributed by atoms with van der Waals surface area (Å²) in [6, 6.07) is 0. The lowest BCUT2D eigenvalue weighted by molar-refractivity contribution is 0.599. The molecule has 0 atom stereocenters. The molecule has 0 aromatic carbocycles. The SMILES string of the molecule is CC(C)C(=N)SC(=N)C(C)(C)C. The maximum Gasteiger partial charge on any atom is 0.0754 e. The van der Waals surface area contributed by atoms with E-state index >= 15 is 0 Å². The van der Waals surface area contributed by atoms with E-state index in [4.69, 9.17) is 10.8 Å². The van der Waals surface area contributed by atoms with E-state index in [0.29, 0.717) is 10.1 Å². The summed E-state index contributed by atoms with van der Waals surface area (Å²) in [6.07, 6.45) is 0. The first kappa shape index (κ1) is 11.7. The molecule has 0 amide bonds. The highest BCUT2D eigenvalue weighted by Gasteiger charge is 2.20. The Labute approximate surface area is 79.2 Å². The fourth-order valence-corrected chi connectivity index (χ4v) is 1.14. The van der Waals surface area contributed by atoms with Gasteiger partial charge in [-0.05, 0) is 0 Å². The van der Waals surface area contributed by atoms with Crippen molar-refractivity contribution in [2.45, 2.75) is 34.6 Å². The van der Waals surface area contributed by atoms with Gasteiger partial charge in [0.05, 0.1) is 10.1 Å². The van der Waals surface area contributed by atoms with E-state index in [9.17, 15) is 0 Å². The average Bonchev–Trinajstić information content (AvgIpc) is 1.85. The molecule has 0 fully saturated rings. The first-order valence-electron chi connectivity index (χ1n) is 4.10. The third kappa shape index (κ3) is 3.90. The highest BCUT2D eigenvalue weighted by atomic mass is 32.2. The maximum atomic E-state index is 7.69. The minimum atomic E-state index is -0.119. The van der Waals surface area contributed by atoms with Crippen molar-refractivity contribution in [2.24, 2.45) is 11.3 Å². The molecule has 0 aliphatic heterocycles. The lowest BCUT2D eigenvalue weighted by atomic mass is 9.99. The summed E-state index contributed by atoms with van der Waals surface area (Å²) in [5, 5.41) is 16.4. The predicted octanol–water partition coefficient (Wildman–Crippen LogP) is 3.38. The molecule has 0 saturated heterocycles. The Kier molecular flexibility index (Phi) is 3.97. The first-order chi connectivity index (χ1) is 5.25. The summed E-state index contributed by atoms with van der Waals surface area (Å²) in [4.78, 5) is 0. The van der Waals surface area contributed by atoms with Gasteiger partial charge in [0.25, 0.3) is 0 Å². The number of hydrogen-bond acceptors (Lipinski definition) is 3. The van der Waals surface area contributed by atoms with Crippen LogP contribution >= 0.6 is 11.8 Å². The molecule has 0 radical (unpaired) electrons. The molecule has 0 spiro atoms. The summed E-state index contributed by atoms with van der Waals surface area (Å²) in [6.45, 7) is 9.94. The Balaban J connectivity index is 4.12. The lowest BCUT2D eigenvalue weighted by Gasteiger charge is -2.19. The van der Waals surface area contributed by atoms with E-state index in [1.165, 1.54) is 11.8 Å². The summed E-state index contributed by atoms with van der Waals surface area (Å²) in [5.41, 5.74) is -0.119. The van der Waals surface area contributed by atoms with Crippen LogP contribution in [-0.2, 0) is 0 Å². The van der Waals surface area contributed by atoms with Gasteiger partial charge in [0.2, 0.25) is 0 Å². The Morgan fingerprint density at radius 3 is 1.83 bits per heavy atom. The molecule has 2 nitrogen and oxygen atoms in total. The molecule has 12 heavy (non-hydrogen) atoms. The number of nitrogens with one attached hydrogen (secondary N) is 2. The Bertz CT molecular complexity index is 189. The van der Waals surface area contributed by atoms with Gasteiger partial charge in [-0.15, -0.1) is 0 Å². The standard InChI is InChI=1S/C9H18N2S/c1-6(2)7(10)12-8(11)9(3,4)5/h6,10-11H,1-5H3. The van der Waals surface area contributed by atoms with Gasteiger partial charge < -0.3 is 0 Å². The van der Waals surface area contributed by atoms with Gasteiger partial charge in [-0.2, -0.15) is 0 Å². The Hall–Kier alpha value is -0.310. The van der Waals surface area contributed by atoms with Crippen LogP contribution in [0.5, 0.6) is 0 Å². The molecule has 70 valence electrons. The van der Waals surface area contributed by atoms with Gasteiger partial charge in [-0.3, -0.25) is 10.8 Å². The van der Waals surface area contributed by atoms with E-state index < -0.39 is 0 Å². The molecule has 0 rings (SSSR count). The third-order valence-electron chi connectivity index (χ3n) is 1.42. The lowest BCUT2D eigenvalue weighted by Crippen LogP contribution is -2.18. The molecule has 0 aliphatic carbocycles. The van der Waals surface area contributed by atoms with Crippen LogP contribution in [0.2, 0.25) is 0 Å². The molecule has 3 heteroatoms. The molecule has 0 saturated carbocycles. The van der Waals surface area contributed by atoms with Crippen LogP contribution in [0.1, 0.15) is 34.6 Å². The molecule has 0 aromatic heterocycles. The van der Waals surface area contributed by atoms with Crippen LogP contribution in [0, 0.1) is 22.2 Å². The first-order valence-corrected chi connectivity index (χ1v) is 4.92. The molecular formula is C9H18N2S. The normalized spacial score (nSPS) is 11.8. The Morgan fingerprint density at radius 1 is 1.17 bits per heavy atom. The smallest absolute Gasteiger partial charge is 0.0754 e. The second-order valence-electron chi connectivity index (χ2n) is 4.20. The molecular weight excluding hydrogens is 168 g/mol. The second-order valence-corrected chi connectivity index (χ2v) is 5.25. The van der Waals surface area contributed by atoms with Crippen molar-refractivity contribution in [3.63, 3.8) is 0 Å². The topological polar surface area (TPSA) is 47.7 Å². The van der Waals surface area contributed by atoms with Crippen molar-refractivity contribution in [1.29, 1.82) is 10.8 Å². The third-order valence-corrected chi connectivity index (χ3v) is 2.93. The van der Waals surface area contributed by atoms with Crippen LogP contribution in [0.3, 0.4) is 0 Å². The molecule has 0 aromatic rings. The molecule has 0 heterocycles. The summed E-state index contributed by atoms with van der Waals surface area (Å²) < 4.78 is 0. The maximum absolute atomic E-state index is 7.69. The van der Waals surface area contributed by atoms with Crippen LogP contribution < -0.4 is 0 Å². The largest absolute Gasteiger partial charge is 0.298 e. The van der Waals surface area contributed by atoms with Gasteiger partial charge in [0, 0.05) is 11.3 Å². The Morgan fingerprint density at radius 2 is 1.58 bits per heavy atom. The van der Waals surface area contributed by atoms with Crippen molar-refractivity contribution >= 4 is 21.8 Å². The minimum absolute atomic E-state index is 0.119. The van der Waals surface area contributed by atoms with Gasteiger partial charge >= 0.3 is 0 Å². The molecule has 0 unspecified atom stereocenters. The zero-order valence-electron chi connectivity index (χ0n) is 8.49. The monoisotopic (exact) mass is 186 g/mol. The van der Waals surface area contributed by atoms with Gasteiger partial charge in [-0.25, -0.2) is 0 Å². The van der Waals surface area contributed by atoms with E-state index in [-0.39, 0.29) is 11.3 Å². The van der Waals surface area contributed by atoms with E-state index in [0.717, 1.165) is 0 Å². The predicted molar refractivity (Wildman–Crippen MR) is 57.3 cm³/mol. The van der Waals surface area contributed by atoms with E-state index in [1.54, 1.807) is 0 Å². The van der Waals surface area contributed by atoms with Crippen LogP contribution in [-0.4, -0.2) is 10.1 Å². The molecule has 2 N–H and O–H groups in total. The minimum Gasteiger partial charge on any atom is -0.298 e. The highest BCUT2D eigenvalue weighted by Crippen LogP contribution is 2.25. The van der Waals surface area contributed by atoms with Gasteiger partial charge in [0.15, 0.2) is 0 Å². The van der Waals surface area contributed by atoms with Crippen molar-refractivity contribution in [3.05, 3.63) is 0 Å². The van der Waals surface area contributed by atoms with Crippen LogP contribution in [0.15, 0.2) is 0 Å². The van der Waals surface area contributed by atoms with Crippen molar-refractivity contribution < 1.29 is 0 Å². The second kappa shape index (κ2) is 4.08. The quantitative estimate of drug-likeness (QED) is 0.478. The number of hydrogen-bond donors (Lipinski definition) is 2. The average molecular weight is 186 g/mol. The highest BCUT2D eigenvalue weighted by molar-refractivity contribution is 8.26. The molecule has 0 bridgehead atoms. The van der Waals surface area contributed by atoms with E-state index in [1.807, 2.05) is 34.6 Å². The van der Waals surface area contributed by atoms with Crippen molar-refractivity contribution in [1.82, 2.24) is 0 Å². The summed E-state index contributed by atoms with van der Waals surface area (Å²) in [5.74, 6) is 0.234. The fraction of sp³-hybridized carbons (Fsp3) is 0.778. The molecule has 0 aliphatic rings. The fourth-order valence-electron chi connectivity index (χ4n) is 0.381. The van der Waals surface area contributed by atoms with Crippen LogP contribution in [0.4, 0.5) is 0 Å². The number of thioether (sulfide) groups is 1. The zero-order chi connectivity index (χ0) is 9.94. The zero-order valence-corrected chi connectivity index (χ0v) is 9.30. The number of rotatable bonds is 1. The summed E-state index contributed by atoms with van der Waals surface area (Å²) >= 11 is 1.28. The summed E-state index contributed by atoms with van der Waals surface area (Å²) in [7, 11) is 0. The van der Waals surface area contributed by atoms with Gasteiger partial charge in [0.1, 0.15) is 0 Å². The van der Waals surface area contributed by atoms with Crippen molar-refractivity contribution in [3.8, 4) is 0 Å². The van der Waals surface area contributed by atoms with Crippen LogP contribution in [0.25, 0.3) is 0 Å².